The maximum Gasteiger partial charge on any atom is 0.154 e. The smallest absolute Gasteiger partial charge is 0.154 e. The van der Waals surface area contributed by atoms with Gasteiger partial charge in [0.1, 0.15) is 0 Å². The molecule has 2 atom stereocenters. The molecule has 0 amide bonds. The minimum Gasteiger partial charge on any atom is -0.359 e. The van der Waals surface area contributed by atoms with Crippen LogP contribution in [0, 0.1) is 12.8 Å². The average molecular weight is 231 g/mol. The highest BCUT2D eigenvalue weighted by Gasteiger charge is 2.31. The summed E-state index contributed by atoms with van der Waals surface area (Å²) < 4.78 is 5.34. The van der Waals surface area contributed by atoms with E-state index in [1.54, 1.807) is 0 Å². The molecule has 1 aromatic heterocycles. The van der Waals surface area contributed by atoms with Crippen molar-refractivity contribution in [3.63, 3.8) is 0 Å². The second-order valence-corrected chi connectivity index (χ2v) is 4.31. The van der Waals surface area contributed by atoms with Crippen LogP contribution < -0.4 is 0 Å². The molecule has 0 aliphatic carbocycles. The highest BCUT2D eigenvalue weighted by atomic mass is 35.5. The number of nitrogens with zero attached hydrogens (tertiary/aromatic N) is 2. The van der Waals surface area contributed by atoms with Crippen LogP contribution in [0.1, 0.15) is 37.8 Å². The molecule has 1 aliphatic rings. The molecular formula is C11H19ClN2O. The Labute approximate surface area is 97.2 Å². The van der Waals surface area contributed by atoms with E-state index in [1.165, 1.54) is 13.0 Å². The SMILES string of the molecule is CCN1C[C@@H](C)CC1c1cc(C)no1.Cl. The van der Waals surface area contributed by atoms with Crippen LogP contribution in [0.15, 0.2) is 10.6 Å². The molecule has 2 heterocycles. The number of halogens is 1. The molecule has 1 unspecified atom stereocenters. The third-order valence-electron chi connectivity index (χ3n) is 2.99. The summed E-state index contributed by atoms with van der Waals surface area (Å²) in [7, 11) is 0. The van der Waals surface area contributed by atoms with Crippen molar-refractivity contribution in [1.82, 2.24) is 10.1 Å². The molecule has 0 bridgehead atoms. The molecule has 1 aromatic rings. The second-order valence-electron chi connectivity index (χ2n) is 4.31. The van der Waals surface area contributed by atoms with Gasteiger partial charge in [0.15, 0.2) is 5.76 Å². The molecule has 4 heteroatoms. The van der Waals surface area contributed by atoms with E-state index in [0.717, 1.165) is 23.9 Å². The fraction of sp³-hybridized carbons (Fsp3) is 0.727. The number of likely N-dealkylation sites (tertiary alicyclic amines) is 1. The zero-order valence-corrected chi connectivity index (χ0v) is 10.4. The quantitative estimate of drug-likeness (QED) is 0.783. The van der Waals surface area contributed by atoms with Gasteiger partial charge in [-0.2, -0.15) is 0 Å². The first-order valence-electron chi connectivity index (χ1n) is 5.38. The van der Waals surface area contributed by atoms with Crippen molar-refractivity contribution in [2.45, 2.75) is 33.2 Å². The van der Waals surface area contributed by atoms with Crippen molar-refractivity contribution < 1.29 is 4.52 Å². The van der Waals surface area contributed by atoms with E-state index in [-0.39, 0.29) is 12.4 Å². The largest absolute Gasteiger partial charge is 0.359 e. The fourth-order valence-corrected chi connectivity index (χ4v) is 2.32. The lowest BCUT2D eigenvalue weighted by molar-refractivity contribution is 0.222. The van der Waals surface area contributed by atoms with Crippen LogP contribution >= 0.6 is 12.4 Å². The number of rotatable bonds is 2. The third kappa shape index (κ3) is 2.52. The van der Waals surface area contributed by atoms with Crippen molar-refractivity contribution in [2.24, 2.45) is 5.92 Å². The van der Waals surface area contributed by atoms with Gasteiger partial charge < -0.3 is 4.52 Å². The van der Waals surface area contributed by atoms with Gasteiger partial charge in [0, 0.05) is 12.6 Å². The van der Waals surface area contributed by atoms with E-state index < -0.39 is 0 Å². The van der Waals surface area contributed by atoms with Gasteiger partial charge in [-0.05, 0) is 25.8 Å². The molecule has 0 saturated carbocycles. The minimum atomic E-state index is 0. The van der Waals surface area contributed by atoms with E-state index in [2.05, 4.69) is 30.0 Å². The van der Waals surface area contributed by atoms with E-state index in [9.17, 15) is 0 Å². The van der Waals surface area contributed by atoms with Crippen LogP contribution in [0.3, 0.4) is 0 Å². The summed E-state index contributed by atoms with van der Waals surface area (Å²) in [4.78, 5) is 2.46. The van der Waals surface area contributed by atoms with Crippen molar-refractivity contribution in [2.75, 3.05) is 13.1 Å². The van der Waals surface area contributed by atoms with Gasteiger partial charge in [0.25, 0.3) is 0 Å². The van der Waals surface area contributed by atoms with Gasteiger partial charge in [-0.25, -0.2) is 0 Å². The number of aromatic nitrogens is 1. The van der Waals surface area contributed by atoms with Crippen molar-refractivity contribution in [3.05, 3.63) is 17.5 Å². The van der Waals surface area contributed by atoms with E-state index in [4.69, 9.17) is 4.52 Å². The van der Waals surface area contributed by atoms with E-state index in [0.29, 0.717) is 6.04 Å². The molecule has 86 valence electrons. The Bertz CT molecular complexity index is 313. The monoisotopic (exact) mass is 230 g/mol. The molecule has 1 saturated heterocycles. The standard InChI is InChI=1S/C11H18N2O.ClH/c1-4-13-7-8(2)5-10(13)11-6-9(3)12-14-11;/h6,8,10H,4-5,7H2,1-3H3;1H/t8-,10?;/m0./s1. The first-order valence-corrected chi connectivity index (χ1v) is 5.38. The lowest BCUT2D eigenvalue weighted by atomic mass is 10.1. The second kappa shape index (κ2) is 4.99. The minimum absolute atomic E-state index is 0. The summed E-state index contributed by atoms with van der Waals surface area (Å²) in [5, 5.41) is 3.95. The van der Waals surface area contributed by atoms with Gasteiger partial charge in [-0.3, -0.25) is 4.90 Å². The maximum atomic E-state index is 5.34. The van der Waals surface area contributed by atoms with Gasteiger partial charge in [0.2, 0.25) is 0 Å². The first-order chi connectivity index (χ1) is 6.70. The number of aryl methyl sites for hydroxylation is 1. The van der Waals surface area contributed by atoms with Crippen LogP contribution in [-0.4, -0.2) is 23.1 Å². The zero-order chi connectivity index (χ0) is 10.1. The van der Waals surface area contributed by atoms with Crippen LogP contribution in [-0.2, 0) is 0 Å². The molecule has 2 rings (SSSR count). The Morgan fingerprint density at radius 3 is 2.87 bits per heavy atom. The Kier molecular flexibility index (Phi) is 4.17. The maximum absolute atomic E-state index is 5.34. The Morgan fingerprint density at radius 2 is 2.33 bits per heavy atom. The normalized spacial score (nSPS) is 26.6. The average Bonchev–Trinajstić information content (AvgIpc) is 2.71. The Hall–Kier alpha value is -0.540. The van der Waals surface area contributed by atoms with Crippen molar-refractivity contribution in [1.29, 1.82) is 0 Å². The molecular weight excluding hydrogens is 212 g/mol. The van der Waals surface area contributed by atoms with Gasteiger partial charge in [-0.15, -0.1) is 12.4 Å². The molecule has 15 heavy (non-hydrogen) atoms. The van der Waals surface area contributed by atoms with Gasteiger partial charge in [-0.1, -0.05) is 19.0 Å². The number of hydrogen-bond donors (Lipinski definition) is 0. The highest BCUT2D eigenvalue weighted by Crippen LogP contribution is 2.34. The first kappa shape index (κ1) is 12.5. The highest BCUT2D eigenvalue weighted by molar-refractivity contribution is 5.85. The van der Waals surface area contributed by atoms with E-state index >= 15 is 0 Å². The van der Waals surface area contributed by atoms with Crippen molar-refractivity contribution in [3.8, 4) is 0 Å². The van der Waals surface area contributed by atoms with E-state index in [1.807, 2.05) is 6.92 Å². The lowest BCUT2D eigenvalue weighted by Crippen LogP contribution is -2.22. The summed E-state index contributed by atoms with van der Waals surface area (Å²) in [5.74, 6) is 1.80. The summed E-state index contributed by atoms with van der Waals surface area (Å²) in [6.45, 7) is 8.75. The summed E-state index contributed by atoms with van der Waals surface area (Å²) in [5.41, 5.74) is 0.982. The molecule has 3 nitrogen and oxygen atoms in total. The third-order valence-corrected chi connectivity index (χ3v) is 2.99. The Morgan fingerprint density at radius 1 is 1.60 bits per heavy atom. The molecule has 1 aliphatic heterocycles. The number of hydrogen-bond acceptors (Lipinski definition) is 3. The van der Waals surface area contributed by atoms with Gasteiger partial charge >= 0.3 is 0 Å². The molecule has 0 spiro atoms. The van der Waals surface area contributed by atoms with Crippen LogP contribution in [0.4, 0.5) is 0 Å². The Balaban J connectivity index is 0.00000112. The van der Waals surface area contributed by atoms with Crippen LogP contribution in [0.5, 0.6) is 0 Å². The summed E-state index contributed by atoms with van der Waals surface area (Å²) >= 11 is 0. The summed E-state index contributed by atoms with van der Waals surface area (Å²) in [6.07, 6.45) is 1.20. The molecule has 1 fully saturated rings. The topological polar surface area (TPSA) is 29.3 Å². The molecule has 0 aromatic carbocycles. The lowest BCUT2D eigenvalue weighted by Gasteiger charge is -2.19. The van der Waals surface area contributed by atoms with Crippen molar-refractivity contribution >= 4 is 12.4 Å². The van der Waals surface area contributed by atoms with Crippen LogP contribution in [0.2, 0.25) is 0 Å². The molecule has 0 radical (unpaired) electrons. The predicted octanol–water partition coefficient (Wildman–Crippen LogP) is 2.81. The van der Waals surface area contributed by atoms with Gasteiger partial charge in [0.05, 0.1) is 11.7 Å². The van der Waals surface area contributed by atoms with Crippen LogP contribution in [0.25, 0.3) is 0 Å². The fourth-order valence-electron chi connectivity index (χ4n) is 2.32. The zero-order valence-electron chi connectivity index (χ0n) is 9.56. The predicted molar refractivity (Wildman–Crippen MR) is 62.3 cm³/mol. The molecule has 0 N–H and O–H groups in total. The summed E-state index contributed by atoms with van der Waals surface area (Å²) in [6, 6.07) is 2.52.